The van der Waals surface area contributed by atoms with Gasteiger partial charge in [0.2, 0.25) is 0 Å². The number of rotatable bonds is 4. The Bertz CT molecular complexity index is 2170. The zero-order valence-electron chi connectivity index (χ0n) is 22.7. The molecular weight excluding hydrogens is 529 g/mol. The molecule has 0 atom stereocenters. The van der Waals surface area contributed by atoms with Gasteiger partial charge in [0.1, 0.15) is 0 Å². The summed E-state index contributed by atoms with van der Waals surface area (Å²) in [7, 11) is -3.08. The van der Waals surface area contributed by atoms with Gasteiger partial charge in [-0.2, -0.15) is 0 Å². The summed E-state index contributed by atoms with van der Waals surface area (Å²) < 4.78 is 15.0. The highest BCUT2D eigenvalue weighted by Gasteiger charge is 2.29. The fourth-order valence-electron chi connectivity index (χ4n) is 6.10. The Kier molecular flexibility index (Phi) is 5.68. The van der Waals surface area contributed by atoms with Crippen LogP contribution in [0.15, 0.2) is 146 Å². The fraction of sp³-hybridized carbons (Fsp3) is 0. The van der Waals surface area contributed by atoms with Crippen LogP contribution < -0.4 is 15.9 Å². The number of hydrogen-bond donors (Lipinski definition) is 0. The molecule has 3 heteroatoms. The van der Waals surface area contributed by atoms with Crippen molar-refractivity contribution in [3.05, 3.63) is 158 Å². The maximum Gasteiger partial charge on any atom is 0.171 e. The molecule has 0 N–H and O–H groups in total. The van der Waals surface area contributed by atoms with Gasteiger partial charge in [-0.1, -0.05) is 152 Å². The summed E-state index contributed by atoms with van der Waals surface area (Å²) in [6, 6.07) is 55.6. The molecule has 0 aliphatic carbocycles. The Morgan fingerprint density at radius 3 is 1.79 bits per heavy atom. The van der Waals surface area contributed by atoms with Gasteiger partial charge in [0.25, 0.3) is 0 Å². The van der Waals surface area contributed by atoms with Crippen molar-refractivity contribution < 1.29 is 4.57 Å². The summed E-state index contributed by atoms with van der Waals surface area (Å²) in [6.07, 6.45) is 0. The minimum Gasteiger partial charge on any atom is -0.309 e. The van der Waals surface area contributed by atoms with E-state index in [-0.39, 0.29) is 0 Å². The Balaban J connectivity index is 1.41. The van der Waals surface area contributed by atoms with Crippen molar-refractivity contribution in [2.75, 3.05) is 0 Å². The standard InChI is InChI=1S/C39H24NOP/c41-42(30-13-3-1-4-14-30,31-15-5-2-6-16-31)32-23-19-29(20-24-32)37-35-25-21-27-11-7-9-17-33(27)38(35)40-39-34-18-10-8-12-28(34)22-26-36(37)39/h1-21,23-25H. The Labute approximate surface area is 244 Å². The molecule has 0 amide bonds. The minimum absolute atomic E-state index is 0.803. The van der Waals surface area contributed by atoms with Crippen LogP contribution in [0.4, 0.5) is 0 Å². The second-order valence-electron chi connectivity index (χ2n) is 10.5. The summed E-state index contributed by atoms with van der Waals surface area (Å²) in [4.78, 5) is 5.26. The molecule has 8 aromatic rings. The lowest BCUT2D eigenvalue weighted by Crippen LogP contribution is -2.24. The number of benzene rings is 6. The number of hydrogen-bond acceptors (Lipinski definition) is 2. The van der Waals surface area contributed by atoms with Crippen molar-refractivity contribution in [2.24, 2.45) is 0 Å². The van der Waals surface area contributed by atoms with Crippen LogP contribution in [-0.4, -0.2) is 4.98 Å². The fourth-order valence-corrected chi connectivity index (χ4v) is 8.75. The van der Waals surface area contributed by atoms with E-state index >= 15 is 0 Å². The van der Waals surface area contributed by atoms with E-state index in [2.05, 4.69) is 72.8 Å². The maximum absolute atomic E-state index is 15.0. The zero-order chi connectivity index (χ0) is 28.1. The molecule has 0 unspecified atom stereocenters. The van der Waals surface area contributed by atoms with E-state index in [0.29, 0.717) is 0 Å². The highest BCUT2D eigenvalue weighted by atomic mass is 31.2. The molecule has 0 radical (unpaired) electrons. The van der Waals surface area contributed by atoms with Gasteiger partial charge in [-0.3, -0.25) is 0 Å². The third-order valence-electron chi connectivity index (χ3n) is 8.14. The van der Waals surface area contributed by atoms with Gasteiger partial charge >= 0.3 is 0 Å². The molecule has 8 rings (SSSR count). The Morgan fingerprint density at radius 1 is 0.476 bits per heavy atom. The molecule has 0 spiro atoms. The van der Waals surface area contributed by atoms with E-state index < -0.39 is 7.14 Å². The zero-order valence-corrected chi connectivity index (χ0v) is 23.6. The number of pyridine rings is 1. The van der Waals surface area contributed by atoms with Crippen molar-refractivity contribution in [3.8, 4) is 11.1 Å². The van der Waals surface area contributed by atoms with Crippen molar-refractivity contribution in [2.45, 2.75) is 0 Å². The van der Waals surface area contributed by atoms with Gasteiger partial charge < -0.3 is 4.57 Å². The van der Waals surface area contributed by atoms with Gasteiger partial charge in [0, 0.05) is 43.0 Å². The quantitative estimate of drug-likeness (QED) is 0.161. The first-order valence-electron chi connectivity index (χ1n) is 14.0. The van der Waals surface area contributed by atoms with Gasteiger partial charge in [-0.05, 0) is 17.0 Å². The van der Waals surface area contributed by atoms with E-state index in [9.17, 15) is 4.57 Å². The number of aromatic nitrogens is 1. The first-order chi connectivity index (χ1) is 20.7. The van der Waals surface area contributed by atoms with E-state index in [1.807, 2.05) is 84.9 Å². The normalized spacial score (nSPS) is 11.7. The average Bonchev–Trinajstić information content (AvgIpc) is 3.07. The van der Waals surface area contributed by atoms with Gasteiger partial charge in [-0.25, -0.2) is 4.98 Å². The van der Waals surface area contributed by atoms with E-state index in [1.54, 1.807) is 0 Å². The average molecular weight is 554 g/mol. The van der Waals surface area contributed by atoms with E-state index in [4.69, 9.17) is 4.98 Å². The Hall–Kier alpha value is -5.22. The predicted molar refractivity (Wildman–Crippen MR) is 177 cm³/mol. The summed E-state index contributed by atoms with van der Waals surface area (Å²) in [5.41, 5.74) is 3.96. The third-order valence-corrected chi connectivity index (χ3v) is 11.2. The molecule has 1 heterocycles. The summed E-state index contributed by atoms with van der Waals surface area (Å²) in [6.45, 7) is 0. The lowest BCUT2D eigenvalue weighted by atomic mass is 9.93. The van der Waals surface area contributed by atoms with Crippen molar-refractivity contribution in [1.82, 2.24) is 4.98 Å². The smallest absolute Gasteiger partial charge is 0.171 e. The molecule has 0 saturated carbocycles. The van der Waals surface area contributed by atoms with Crippen molar-refractivity contribution in [3.63, 3.8) is 0 Å². The summed E-state index contributed by atoms with van der Waals surface area (Å²) >= 11 is 0. The first kappa shape index (κ1) is 24.6. The first-order valence-corrected chi connectivity index (χ1v) is 15.7. The van der Waals surface area contributed by atoms with E-state index in [0.717, 1.165) is 70.4 Å². The Morgan fingerprint density at radius 2 is 1.07 bits per heavy atom. The second-order valence-corrected chi connectivity index (χ2v) is 13.3. The third kappa shape index (κ3) is 3.76. The van der Waals surface area contributed by atoms with Crippen LogP contribution in [0.1, 0.15) is 0 Å². The van der Waals surface area contributed by atoms with Crippen LogP contribution in [-0.2, 0) is 4.57 Å². The van der Waals surface area contributed by atoms with Crippen LogP contribution in [0, 0.1) is 12.1 Å². The maximum atomic E-state index is 15.0. The SMILES string of the molecule is O=P(c1ccccc1)(c1ccccc1)c1ccc(-c2c3c#cc4ccccc4c3nc3c2ccc2ccccc23)cc1. The topological polar surface area (TPSA) is 30.0 Å². The summed E-state index contributed by atoms with van der Waals surface area (Å²) in [5, 5.41) is 8.75. The second kappa shape index (κ2) is 9.71. The molecule has 0 aliphatic heterocycles. The number of fused-ring (bicyclic) bond motifs is 6. The van der Waals surface area contributed by atoms with Crippen molar-refractivity contribution in [1.29, 1.82) is 0 Å². The van der Waals surface area contributed by atoms with Crippen LogP contribution in [0.2, 0.25) is 0 Å². The molecular formula is C39H24NOP. The predicted octanol–water partition coefficient (Wildman–Crippen LogP) is 8.60. The number of nitrogens with zero attached hydrogens (tertiary/aromatic N) is 1. The van der Waals surface area contributed by atoms with Crippen LogP contribution >= 0.6 is 7.14 Å². The molecule has 2 nitrogen and oxygen atoms in total. The highest BCUT2D eigenvalue weighted by Crippen LogP contribution is 2.44. The lowest BCUT2D eigenvalue weighted by molar-refractivity contribution is 0.592. The van der Waals surface area contributed by atoms with Gasteiger partial charge in [0.05, 0.1) is 16.4 Å². The molecule has 196 valence electrons. The van der Waals surface area contributed by atoms with E-state index in [1.165, 1.54) is 0 Å². The lowest BCUT2D eigenvalue weighted by Gasteiger charge is -2.20. The molecule has 42 heavy (non-hydrogen) atoms. The highest BCUT2D eigenvalue weighted by molar-refractivity contribution is 7.85. The molecule has 0 aliphatic rings. The minimum atomic E-state index is -3.08. The molecule has 7 aromatic carbocycles. The molecule has 0 fully saturated rings. The van der Waals surface area contributed by atoms with Gasteiger partial charge in [0.15, 0.2) is 7.14 Å². The van der Waals surface area contributed by atoms with Crippen LogP contribution in [0.5, 0.6) is 0 Å². The summed E-state index contributed by atoms with van der Waals surface area (Å²) in [5.74, 6) is 0. The van der Waals surface area contributed by atoms with Gasteiger partial charge in [-0.15, -0.1) is 0 Å². The monoisotopic (exact) mass is 553 g/mol. The van der Waals surface area contributed by atoms with Crippen LogP contribution in [0.3, 0.4) is 0 Å². The van der Waals surface area contributed by atoms with Crippen molar-refractivity contribution >= 4 is 66.4 Å². The molecule has 0 saturated heterocycles. The van der Waals surface area contributed by atoms with Crippen LogP contribution in [0.25, 0.3) is 54.5 Å². The molecule has 1 aromatic heterocycles. The largest absolute Gasteiger partial charge is 0.309 e. The molecule has 0 bridgehead atoms.